The number of guanidine groups is 1. The number of aliphatic imine (C=N–C) groups is 1. The number of nitrogens with one attached hydrogen (secondary N) is 2. The molecule has 2 N–H and O–H groups in total. The molecule has 1 aromatic heterocycles. The van der Waals surface area contributed by atoms with Gasteiger partial charge in [-0.05, 0) is 23.6 Å². The van der Waals surface area contributed by atoms with Crippen LogP contribution < -0.4 is 10.6 Å². The second-order valence-corrected chi connectivity index (χ2v) is 5.80. The molecule has 0 bridgehead atoms. The Morgan fingerprint density at radius 1 is 1.24 bits per heavy atom. The van der Waals surface area contributed by atoms with Crippen LogP contribution in [0.4, 0.5) is 5.69 Å². The maximum Gasteiger partial charge on any atom is 0.269 e. The van der Waals surface area contributed by atoms with E-state index in [-0.39, 0.29) is 29.7 Å². The van der Waals surface area contributed by atoms with E-state index in [0.29, 0.717) is 25.0 Å². The van der Waals surface area contributed by atoms with Gasteiger partial charge in [0, 0.05) is 18.7 Å². The second kappa shape index (κ2) is 10.7. The Morgan fingerprint density at radius 2 is 1.96 bits per heavy atom. The van der Waals surface area contributed by atoms with E-state index < -0.39 is 4.92 Å². The predicted molar refractivity (Wildman–Crippen MR) is 108 cm³/mol. The number of nitro benzene ring substituents is 1. The lowest BCUT2D eigenvalue weighted by Crippen LogP contribution is -2.38. The third-order valence-corrected chi connectivity index (χ3v) is 3.25. The Bertz CT molecular complexity index is 670. The van der Waals surface area contributed by atoms with Crippen molar-refractivity contribution in [2.45, 2.75) is 26.9 Å². The van der Waals surface area contributed by atoms with Crippen molar-refractivity contribution in [3.8, 4) is 0 Å². The van der Waals surface area contributed by atoms with Gasteiger partial charge in [-0.3, -0.25) is 10.1 Å². The van der Waals surface area contributed by atoms with Crippen LogP contribution in [0, 0.1) is 16.0 Å². The molecule has 25 heavy (non-hydrogen) atoms. The third kappa shape index (κ3) is 7.55. The van der Waals surface area contributed by atoms with Crippen molar-refractivity contribution in [2.75, 3.05) is 6.54 Å². The molecule has 0 atom stereocenters. The van der Waals surface area contributed by atoms with E-state index in [4.69, 9.17) is 4.42 Å². The van der Waals surface area contributed by atoms with Crippen LogP contribution in [0.2, 0.25) is 0 Å². The lowest BCUT2D eigenvalue weighted by atomic mass is 10.2. The summed E-state index contributed by atoms with van der Waals surface area (Å²) in [6, 6.07) is 10.1. The van der Waals surface area contributed by atoms with Gasteiger partial charge in [0.2, 0.25) is 0 Å². The molecule has 0 radical (unpaired) electrons. The van der Waals surface area contributed by atoms with Gasteiger partial charge in [0.1, 0.15) is 5.76 Å². The van der Waals surface area contributed by atoms with E-state index >= 15 is 0 Å². The van der Waals surface area contributed by atoms with Crippen molar-refractivity contribution in [3.05, 3.63) is 64.1 Å². The molecular weight excluding hydrogens is 435 g/mol. The van der Waals surface area contributed by atoms with Crippen molar-refractivity contribution in [3.63, 3.8) is 0 Å². The average molecular weight is 458 g/mol. The van der Waals surface area contributed by atoms with Gasteiger partial charge < -0.3 is 15.1 Å². The van der Waals surface area contributed by atoms with Crippen molar-refractivity contribution in [2.24, 2.45) is 10.9 Å². The lowest BCUT2D eigenvalue weighted by molar-refractivity contribution is -0.384. The normalized spacial score (nSPS) is 11.1. The largest absolute Gasteiger partial charge is 0.467 e. The van der Waals surface area contributed by atoms with Crippen LogP contribution in [0.25, 0.3) is 0 Å². The SMILES string of the molecule is CC(C)CNC(=NCc1ccc([N+](=O)[O-])cc1)NCc1ccco1.I. The monoisotopic (exact) mass is 458 g/mol. The Balaban J connectivity index is 0.00000312. The zero-order chi connectivity index (χ0) is 17.4. The highest BCUT2D eigenvalue weighted by molar-refractivity contribution is 14.0. The molecule has 0 saturated carbocycles. The van der Waals surface area contributed by atoms with Gasteiger partial charge in [-0.25, -0.2) is 4.99 Å². The first-order chi connectivity index (χ1) is 11.5. The molecule has 2 aromatic rings. The summed E-state index contributed by atoms with van der Waals surface area (Å²) in [5.74, 6) is 1.99. The summed E-state index contributed by atoms with van der Waals surface area (Å²) in [6.07, 6.45) is 1.63. The fourth-order valence-corrected chi connectivity index (χ4v) is 1.95. The highest BCUT2D eigenvalue weighted by atomic mass is 127. The standard InChI is InChI=1S/C17H22N4O3.HI/c1-13(2)10-18-17(20-12-16-4-3-9-24-16)19-11-14-5-7-15(8-6-14)21(22)23;/h3-9,13H,10-12H2,1-2H3,(H2,18,19,20);1H. The fourth-order valence-electron chi connectivity index (χ4n) is 1.95. The molecule has 0 unspecified atom stereocenters. The molecule has 0 saturated heterocycles. The zero-order valence-electron chi connectivity index (χ0n) is 14.3. The number of hydrogen-bond donors (Lipinski definition) is 2. The molecule has 1 aromatic carbocycles. The van der Waals surface area contributed by atoms with E-state index in [1.54, 1.807) is 18.4 Å². The number of rotatable bonds is 7. The molecular formula is C17H23IN4O3. The van der Waals surface area contributed by atoms with Crippen LogP contribution in [0.3, 0.4) is 0 Å². The summed E-state index contributed by atoms with van der Waals surface area (Å²) in [5, 5.41) is 17.2. The number of hydrogen-bond acceptors (Lipinski definition) is 4. The molecule has 0 aliphatic rings. The summed E-state index contributed by atoms with van der Waals surface area (Å²) in [7, 11) is 0. The molecule has 0 aliphatic carbocycles. The van der Waals surface area contributed by atoms with Crippen molar-refractivity contribution < 1.29 is 9.34 Å². The smallest absolute Gasteiger partial charge is 0.269 e. The first-order valence-corrected chi connectivity index (χ1v) is 7.82. The molecule has 0 spiro atoms. The summed E-state index contributed by atoms with van der Waals surface area (Å²) in [4.78, 5) is 14.8. The maximum atomic E-state index is 10.7. The van der Waals surface area contributed by atoms with Gasteiger partial charge in [-0.1, -0.05) is 26.0 Å². The quantitative estimate of drug-likeness (QED) is 0.217. The first kappa shape index (κ1) is 20.9. The molecule has 1 heterocycles. The van der Waals surface area contributed by atoms with E-state index in [0.717, 1.165) is 17.9 Å². The van der Waals surface area contributed by atoms with Crippen LogP contribution in [-0.4, -0.2) is 17.4 Å². The molecule has 0 aliphatic heterocycles. The minimum Gasteiger partial charge on any atom is -0.467 e. The van der Waals surface area contributed by atoms with Crippen LogP contribution in [0.5, 0.6) is 0 Å². The highest BCUT2D eigenvalue weighted by Gasteiger charge is 2.05. The number of nitro groups is 1. The van der Waals surface area contributed by atoms with Gasteiger partial charge in [-0.15, -0.1) is 24.0 Å². The number of nitrogens with zero attached hydrogens (tertiary/aromatic N) is 2. The van der Waals surface area contributed by atoms with Gasteiger partial charge in [-0.2, -0.15) is 0 Å². The zero-order valence-corrected chi connectivity index (χ0v) is 16.6. The van der Waals surface area contributed by atoms with Crippen molar-refractivity contribution in [1.82, 2.24) is 10.6 Å². The summed E-state index contributed by atoms with van der Waals surface area (Å²) >= 11 is 0. The minimum atomic E-state index is -0.409. The third-order valence-electron chi connectivity index (χ3n) is 3.25. The summed E-state index contributed by atoms with van der Waals surface area (Å²) in [6.45, 7) is 6.01. The van der Waals surface area contributed by atoms with Crippen LogP contribution in [0.15, 0.2) is 52.1 Å². The number of halogens is 1. The first-order valence-electron chi connectivity index (χ1n) is 7.82. The van der Waals surface area contributed by atoms with E-state index in [2.05, 4.69) is 29.5 Å². The van der Waals surface area contributed by atoms with E-state index in [1.165, 1.54) is 12.1 Å². The highest BCUT2D eigenvalue weighted by Crippen LogP contribution is 2.12. The minimum absolute atomic E-state index is 0. The number of furan rings is 1. The Hall–Kier alpha value is -2.10. The molecule has 7 nitrogen and oxygen atoms in total. The topological polar surface area (TPSA) is 92.7 Å². The summed E-state index contributed by atoms with van der Waals surface area (Å²) in [5.41, 5.74) is 0.987. The predicted octanol–water partition coefficient (Wildman–Crippen LogP) is 3.70. The molecule has 0 fully saturated rings. The maximum absolute atomic E-state index is 10.7. The average Bonchev–Trinajstić information content (AvgIpc) is 3.07. The molecule has 136 valence electrons. The molecule has 8 heteroatoms. The lowest BCUT2D eigenvalue weighted by Gasteiger charge is -2.13. The van der Waals surface area contributed by atoms with Gasteiger partial charge in [0.05, 0.1) is 24.3 Å². The van der Waals surface area contributed by atoms with E-state index in [1.807, 2.05) is 12.1 Å². The molecule has 0 amide bonds. The fraction of sp³-hybridized carbons (Fsp3) is 0.353. The van der Waals surface area contributed by atoms with Gasteiger partial charge in [0.25, 0.3) is 5.69 Å². The Morgan fingerprint density at radius 3 is 2.52 bits per heavy atom. The summed E-state index contributed by atoms with van der Waals surface area (Å²) < 4.78 is 5.30. The number of non-ortho nitro benzene ring substituents is 1. The number of benzene rings is 1. The van der Waals surface area contributed by atoms with Crippen LogP contribution in [-0.2, 0) is 13.1 Å². The Labute approximate surface area is 164 Å². The van der Waals surface area contributed by atoms with Gasteiger partial charge >= 0.3 is 0 Å². The van der Waals surface area contributed by atoms with E-state index in [9.17, 15) is 10.1 Å². The van der Waals surface area contributed by atoms with Crippen LogP contribution >= 0.6 is 24.0 Å². The Kier molecular flexibility index (Phi) is 8.96. The van der Waals surface area contributed by atoms with Gasteiger partial charge in [0.15, 0.2) is 5.96 Å². The van der Waals surface area contributed by atoms with Crippen molar-refractivity contribution in [1.29, 1.82) is 0 Å². The molecule has 2 rings (SSSR count). The van der Waals surface area contributed by atoms with Crippen molar-refractivity contribution >= 4 is 35.6 Å². The second-order valence-electron chi connectivity index (χ2n) is 5.80. The van der Waals surface area contributed by atoms with Crippen LogP contribution in [0.1, 0.15) is 25.2 Å².